The maximum atomic E-state index is 12.5. The number of amides is 1. The van der Waals surface area contributed by atoms with Gasteiger partial charge in [0.05, 0.1) is 6.04 Å². The highest BCUT2D eigenvalue weighted by molar-refractivity contribution is 6.05. The number of carbonyl (C=O) groups is 2. The normalized spacial score (nSPS) is 14.7. The summed E-state index contributed by atoms with van der Waals surface area (Å²) in [5.74, 6) is 0.660. The van der Waals surface area contributed by atoms with Gasteiger partial charge in [-0.2, -0.15) is 0 Å². The molecule has 1 aromatic carbocycles. The molecular weight excluding hydrogens is 280 g/mol. The Morgan fingerprint density at radius 1 is 1.41 bits per heavy atom. The van der Waals surface area contributed by atoms with Crippen molar-refractivity contribution in [3.8, 4) is 0 Å². The second kappa shape index (κ2) is 5.71. The first-order valence-electron chi connectivity index (χ1n) is 7.45. The molecule has 22 heavy (non-hydrogen) atoms. The van der Waals surface area contributed by atoms with E-state index < -0.39 is 0 Å². The number of hydrogen-bond acceptors (Lipinski definition) is 4. The monoisotopic (exact) mass is 298 g/mol. The van der Waals surface area contributed by atoms with E-state index in [1.54, 1.807) is 24.5 Å². The molecule has 1 heterocycles. The maximum absolute atomic E-state index is 12.5. The molecule has 0 fully saturated rings. The number of aromatic nitrogens is 3. The van der Waals surface area contributed by atoms with Crippen molar-refractivity contribution in [1.82, 2.24) is 20.1 Å². The molecule has 0 spiro atoms. The van der Waals surface area contributed by atoms with Gasteiger partial charge in [0, 0.05) is 24.1 Å². The number of fused-ring (bicyclic) bond motifs is 1. The van der Waals surface area contributed by atoms with Gasteiger partial charge in [-0.25, -0.2) is 0 Å². The highest BCUT2D eigenvalue weighted by atomic mass is 16.1. The van der Waals surface area contributed by atoms with Crippen LogP contribution in [0.25, 0.3) is 0 Å². The first kappa shape index (κ1) is 14.4. The predicted octanol–water partition coefficient (Wildman–Crippen LogP) is 1.92. The molecule has 0 radical (unpaired) electrons. The van der Waals surface area contributed by atoms with Crippen molar-refractivity contribution >= 4 is 11.7 Å². The van der Waals surface area contributed by atoms with Crippen molar-refractivity contribution in [3.63, 3.8) is 0 Å². The minimum atomic E-state index is -0.247. The average Bonchev–Trinajstić information content (AvgIpc) is 3.14. The molecule has 1 N–H and O–H groups in total. The van der Waals surface area contributed by atoms with Crippen LogP contribution in [0, 0.1) is 0 Å². The Morgan fingerprint density at radius 3 is 3.00 bits per heavy atom. The summed E-state index contributed by atoms with van der Waals surface area (Å²) in [4.78, 5) is 24.3. The molecule has 114 valence electrons. The number of Topliss-reactive ketones (excluding diaryl/α,β-unsaturated/α-hetero) is 1. The fourth-order valence-electron chi connectivity index (χ4n) is 2.89. The zero-order chi connectivity index (χ0) is 15.7. The first-order chi connectivity index (χ1) is 10.6. The van der Waals surface area contributed by atoms with Crippen LogP contribution in [-0.2, 0) is 13.0 Å². The lowest BCUT2D eigenvalue weighted by molar-refractivity contribution is 0.0936. The van der Waals surface area contributed by atoms with Crippen molar-refractivity contribution in [2.24, 2.45) is 0 Å². The molecule has 6 heteroatoms. The lowest BCUT2D eigenvalue weighted by atomic mass is 10.0. The lowest BCUT2D eigenvalue weighted by Crippen LogP contribution is -2.29. The van der Waals surface area contributed by atoms with Crippen molar-refractivity contribution in [2.75, 3.05) is 0 Å². The number of carbonyl (C=O) groups excluding carboxylic acids is 2. The molecule has 2 aromatic rings. The Morgan fingerprint density at radius 2 is 2.23 bits per heavy atom. The standard InChI is InChI=1S/C16H18N4O2/c1-3-20-9-17-19-15(20)10(2)18-16(22)13-6-4-5-12-11(13)7-8-14(12)21/h4-6,9-10H,3,7-8H2,1-2H3,(H,18,22)/t10-/m1/s1. The molecule has 0 saturated carbocycles. The summed E-state index contributed by atoms with van der Waals surface area (Å²) in [5, 5.41) is 10.9. The van der Waals surface area contributed by atoms with E-state index in [0.717, 1.165) is 17.9 Å². The molecule has 1 aliphatic carbocycles. The highest BCUT2D eigenvalue weighted by Gasteiger charge is 2.25. The molecular formula is C16H18N4O2. The minimum Gasteiger partial charge on any atom is -0.342 e. The summed E-state index contributed by atoms with van der Waals surface area (Å²) >= 11 is 0. The molecule has 0 aliphatic heterocycles. The van der Waals surface area contributed by atoms with Gasteiger partial charge in [-0.1, -0.05) is 12.1 Å². The van der Waals surface area contributed by atoms with Gasteiger partial charge in [0.15, 0.2) is 11.6 Å². The van der Waals surface area contributed by atoms with Crippen LogP contribution in [-0.4, -0.2) is 26.5 Å². The smallest absolute Gasteiger partial charge is 0.252 e. The Balaban J connectivity index is 1.83. The van der Waals surface area contributed by atoms with Gasteiger partial charge in [-0.15, -0.1) is 10.2 Å². The SMILES string of the molecule is CCn1cnnc1[C@@H](C)NC(=O)c1cccc2c1CCC2=O. The number of rotatable bonds is 4. The summed E-state index contributed by atoms with van der Waals surface area (Å²) in [5.41, 5.74) is 2.11. The van der Waals surface area contributed by atoms with E-state index in [-0.39, 0.29) is 17.7 Å². The van der Waals surface area contributed by atoms with Crippen molar-refractivity contribution < 1.29 is 9.59 Å². The van der Waals surface area contributed by atoms with E-state index in [9.17, 15) is 9.59 Å². The summed E-state index contributed by atoms with van der Waals surface area (Å²) < 4.78 is 1.89. The largest absolute Gasteiger partial charge is 0.342 e. The number of aryl methyl sites for hydroxylation is 1. The third kappa shape index (κ3) is 2.41. The van der Waals surface area contributed by atoms with Gasteiger partial charge in [0.1, 0.15) is 6.33 Å². The fraction of sp³-hybridized carbons (Fsp3) is 0.375. The summed E-state index contributed by atoms with van der Waals surface area (Å²) in [6.07, 6.45) is 2.77. The fourth-order valence-corrected chi connectivity index (χ4v) is 2.89. The van der Waals surface area contributed by atoms with Gasteiger partial charge in [0.25, 0.3) is 5.91 Å². The van der Waals surface area contributed by atoms with Crippen molar-refractivity contribution in [2.45, 2.75) is 39.3 Å². The Labute approximate surface area is 128 Å². The quantitative estimate of drug-likeness (QED) is 0.935. The number of nitrogens with one attached hydrogen (secondary N) is 1. The zero-order valence-corrected chi connectivity index (χ0v) is 12.7. The van der Waals surface area contributed by atoms with Gasteiger partial charge >= 0.3 is 0 Å². The summed E-state index contributed by atoms with van der Waals surface area (Å²) in [6.45, 7) is 4.62. The summed E-state index contributed by atoms with van der Waals surface area (Å²) in [6, 6.07) is 5.07. The van der Waals surface area contributed by atoms with E-state index >= 15 is 0 Å². The molecule has 0 saturated heterocycles. The van der Waals surface area contributed by atoms with Crippen LogP contribution in [0.1, 0.15) is 58.4 Å². The van der Waals surface area contributed by atoms with Crippen LogP contribution in [0.15, 0.2) is 24.5 Å². The molecule has 0 unspecified atom stereocenters. The third-order valence-electron chi connectivity index (χ3n) is 4.04. The second-order valence-electron chi connectivity index (χ2n) is 5.43. The van der Waals surface area contributed by atoms with Crippen LogP contribution in [0.4, 0.5) is 0 Å². The summed E-state index contributed by atoms with van der Waals surface area (Å²) in [7, 11) is 0. The highest BCUT2D eigenvalue weighted by Crippen LogP contribution is 2.25. The van der Waals surface area contributed by atoms with E-state index in [0.29, 0.717) is 24.0 Å². The molecule has 1 amide bonds. The Kier molecular flexibility index (Phi) is 3.75. The second-order valence-corrected chi connectivity index (χ2v) is 5.43. The van der Waals surface area contributed by atoms with E-state index in [4.69, 9.17) is 0 Å². The van der Waals surface area contributed by atoms with Gasteiger partial charge in [-0.05, 0) is 31.9 Å². The molecule has 3 rings (SSSR count). The van der Waals surface area contributed by atoms with Gasteiger partial charge < -0.3 is 9.88 Å². The number of nitrogens with zero attached hydrogens (tertiary/aromatic N) is 3. The van der Waals surface area contributed by atoms with Crippen LogP contribution < -0.4 is 5.32 Å². The van der Waals surface area contributed by atoms with Crippen LogP contribution >= 0.6 is 0 Å². The molecule has 1 atom stereocenters. The molecule has 6 nitrogen and oxygen atoms in total. The first-order valence-corrected chi connectivity index (χ1v) is 7.45. The average molecular weight is 298 g/mol. The van der Waals surface area contributed by atoms with Crippen molar-refractivity contribution in [1.29, 1.82) is 0 Å². The van der Waals surface area contributed by atoms with Crippen LogP contribution in [0.2, 0.25) is 0 Å². The van der Waals surface area contributed by atoms with Crippen molar-refractivity contribution in [3.05, 3.63) is 47.0 Å². The zero-order valence-electron chi connectivity index (χ0n) is 12.7. The van der Waals surface area contributed by atoms with E-state index in [1.165, 1.54) is 0 Å². The lowest BCUT2D eigenvalue weighted by Gasteiger charge is -2.15. The Hall–Kier alpha value is -2.50. The Bertz CT molecular complexity index is 735. The van der Waals surface area contributed by atoms with Gasteiger partial charge in [-0.3, -0.25) is 9.59 Å². The van der Waals surface area contributed by atoms with Gasteiger partial charge in [0.2, 0.25) is 0 Å². The van der Waals surface area contributed by atoms with E-state index in [1.807, 2.05) is 18.4 Å². The molecule has 1 aromatic heterocycles. The number of hydrogen-bond donors (Lipinski definition) is 1. The molecule has 0 bridgehead atoms. The van der Waals surface area contributed by atoms with E-state index in [2.05, 4.69) is 15.5 Å². The molecule has 1 aliphatic rings. The third-order valence-corrected chi connectivity index (χ3v) is 4.04. The number of benzene rings is 1. The van der Waals surface area contributed by atoms with Crippen LogP contribution in [0.3, 0.4) is 0 Å². The number of ketones is 1. The minimum absolute atomic E-state index is 0.114. The predicted molar refractivity (Wildman–Crippen MR) is 80.7 cm³/mol. The maximum Gasteiger partial charge on any atom is 0.252 e. The topological polar surface area (TPSA) is 76.9 Å². The van der Waals surface area contributed by atoms with Crippen LogP contribution in [0.5, 0.6) is 0 Å².